The highest BCUT2D eigenvalue weighted by Crippen LogP contribution is 2.21. The number of hydrogen-bond acceptors (Lipinski definition) is 3. The fourth-order valence-corrected chi connectivity index (χ4v) is 1.57. The predicted octanol–water partition coefficient (Wildman–Crippen LogP) is 2.14. The van der Waals surface area contributed by atoms with Crippen LogP contribution in [0.25, 0.3) is 0 Å². The van der Waals surface area contributed by atoms with Gasteiger partial charge in [-0.3, -0.25) is 9.59 Å². The van der Waals surface area contributed by atoms with E-state index in [1.54, 1.807) is 6.07 Å². The monoisotopic (exact) mass is 250 g/mol. The van der Waals surface area contributed by atoms with Crippen LogP contribution in [0.3, 0.4) is 0 Å². The number of carboxylic acid groups (broad SMARTS) is 1. The molecule has 1 rings (SSSR count). The van der Waals surface area contributed by atoms with Crippen molar-refractivity contribution in [3.8, 4) is 0 Å². The van der Waals surface area contributed by atoms with Crippen LogP contribution in [0.4, 0.5) is 5.82 Å². The number of carbonyl (C=O) groups excluding carboxylic acids is 1. The van der Waals surface area contributed by atoms with Crippen LogP contribution in [0, 0.1) is 19.3 Å². The van der Waals surface area contributed by atoms with Gasteiger partial charge in [0.2, 0.25) is 5.91 Å². The van der Waals surface area contributed by atoms with Crippen LogP contribution in [0.1, 0.15) is 31.5 Å². The highest BCUT2D eigenvalue weighted by molar-refractivity contribution is 5.93. The number of carboxylic acids is 1. The van der Waals surface area contributed by atoms with E-state index in [9.17, 15) is 9.59 Å². The van der Waals surface area contributed by atoms with Gasteiger partial charge in [-0.2, -0.15) is 0 Å². The predicted molar refractivity (Wildman–Crippen MR) is 68.4 cm³/mol. The molecular formula is C13H18N2O3. The number of pyridine rings is 1. The minimum atomic E-state index is -1.08. The molecule has 1 aromatic heterocycles. The molecule has 0 saturated heterocycles. The zero-order valence-electron chi connectivity index (χ0n) is 11.1. The lowest BCUT2D eigenvalue weighted by Gasteiger charge is -2.18. The zero-order chi connectivity index (χ0) is 13.9. The Morgan fingerprint density at radius 1 is 1.33 bits per heavy atom. The fourth-order valence-electron chi connectivity index (χ4n) is 1.57. The van der Waals surface area contributed by atoms with Gasteiger partial charge in [0.15, 0.2) is 0 Å². The first-order valence-corrected chi connectivity index (χ1v) is 5.69. The quantitative estimate of drug-likeness (QED) is 0.858. The summed E-state index contributed by atoms with van der Waals surface area (Å²) in [6, 6.07) is 3.65. The Balaban J connectivity index is 2.73. The molecule has 0 spiro atoms. The normalized spacial score (nSPS) is 11.1. The maximum absolute atomic E-state index is 11.7. The van der Waals surface area contributed by atoms with Crippen LogP contribution in [-0.4, -0.2) is 22.0 Å². The van der Waals surface area contributed by atoms with Crippen molar-refractivity contribution >= 4 is 17.7 Å². The molecule has 0 atom stereocenters. The third-order valence-corrected chi connectivity index (χ3v) is 2.55. The van der Waals surface area contributed by atoms with Crippen LogP contribution in [0.5, 0.6) is 0 Å². The molecule has 1 amide bonds. The molecule has 0 aliphatic carbocycles. The van der Waals surface area contributed by atoms with Gasteiger partial charge in [-0.25, -0.2) is 4.98 Å². The molecule has 5 nitrogen and oxygen atoms in total. The highest BCUT2D eigenvalue weighted by atomic mass is 16.4. The van der Waals surface area contributed by atoms with Gasteiger partial charge in [0.25, 0.3) is 0 Å². The SMILES string of the molecule is Cc1cc(C)nc(NC(=O)CC(C)(C)C(=O)O)c1. The van der Waals surface area contributed by atoms with Gasteiger partial charge >= 0.3 is 5.97 Å². The van der Waals surface area contributed by atoms with Crippen LogP contribution >= 0.6 is 0 Å². The number of aryl methyl sites for hydroxylation is 2. The second kappa shape index (κ2) is 5.16. The molecule has 98 valence electrons. The van der Waals surface area contributed by atoms with Crippen LogP contribution in [0.15, 0.2) is 12.1 Å². The third kappa shape index (κ3) is 3.84. The van der Waals surface area contributed by atoms with E-state index in [0.717, 1.165) is 11.3 Å². The Morgan fingerprint density at radius 2 is 1.94 bits per heavy atom. The van der Waals surface area contributed by atoms with Gasteiger partial charge in [-0.05, 0) is 45.4 Å². The summed E-state index contributed by atoms with van der Waals surface area (Å²) in [4.78, 5) is 26.8. The van der Waals surface area contributed by atoms with E-state index in [1.807, 2.05) is 19.9 Å². The van der Waals surface area contributed by atoms with E-state index in [2.05, 4.69) is 10.3 Å². The number of aromatic nitrogens is 1. The minimum Gasteiger partial charge on any atom is -0.481 e. The number of nitrogens with zero attached hydrogens (tertiary/aromatic N) is 1. The molecule has 2 N–H and O–H groups in total. The second-order valence-electron chi connectivity index (χ2n) is 5.09. The van der Waals surface area contributed by atoms with Crippen molar-refractivity contribution in [3.63, 3.8) is 0 Å². The summed E-state index contributed by atoms with van der Waals surface area (Å²) in [7, 11) is 0. The molecule has 0 aliphatic heterocycles. The van der Waals surface area contributed by atoms with Crippen molar-refractivity contribution in [2.75, 3.05) is 5.32 Å². The Hall–Kier alpha value is -1.91. The minimum absolute atomic E-state index is 0.0863. The van der Waals surface area contributed by atoms with E-state index >= 15 is 0 Å². The number of rotatable bonds is 4. The fraction of sp³-hybridized carbons (Fsp3) is 0.462. The van der Waals surface area contributed by atoms with E-state index in [1.165, 1.54) is 13.8 Å². The van der Waals surface area contributed by atoms with Crippen LogP contribution in [0.2, 0.25) is 0 Å². The lowest BCUT2D eigenvalue weighted by atomic mass is 9.89. The van der Waals surface area contributed by atoms with Gasteiger partial charge in [-0.1, -0.05) is 0 Å². The van der Waals surface area contributed by atoms with Gasteiger partial charge in [0, 0.05) is 12.1 Å². The number of hydrogen-bond donors (Lipinski definition) is 2. The van der Waals surface area contributed by atoms with Gasteiger partial charge < -0.3 is 10.4 Å². The first-order chi connectivity index (χ1) is 8.20. The van der Waals surface area contributed by atoms with E-state index < -0.39 is 11.4 Å². The summed E-state index contributed by atoms with van der Waals surface area (Å²) in [6.45, 7) is 6.78. The summed E-state index contributed by atoms with van der Waals surface area (Å²) >= 11 is 0. The first kappa shape index (κ1) is 14.2. The largest absolute Gasteiger partial charge is 0.481 e. The highest BCUT2D eigenvalue weighted by Gasteiger charge is 2.30. The first-order valence-electron chi connectivity index (χ1n) is 5.69. The Morgan fingerprint density at radius 3 is 2.44 bits per heavy atom. The van der Waals surface area contributed by atoms with E-state index in [4.69, 9.17) is 5.11 Å². The van der Waals surface area contributed by atoms with Crippen LogP contribution < -0.4 is 5.32 Å². The molecule has 0 unspecified atom stereocenters. The lowest BCUT2D eigenvalue weighted by molar-refractivity contribution is -0.148. The van der Waals surface area contributed by atoms with E-state index in [0.29, 0.717) is 5.82 Å². The number of amides is 1. The van der Waals surface area contributed by atoms with Crippen LogP contribution in [-0.2, 0) is 9.59 Å². The van der Waals surface area contributed by atoms with Crippen molar-refractivity contribution in [2.24, 2.45) is 5.41 Å². The molecule has 0 aliphatic rings. The topological polar surface area (TPSA) is 79.3 Å². The summed E-state index contributed by atoms with van der Waals surface area (Å²) in [6.07, 6.45) is -0.0863. The molecule has 0 saturated carbocycles. The molecule has 5 heteroatoms. The number of nitrogens with one attached hydrogen (secondary N) is 1. The zero-order valence-corrected chi connectivity index (χ0v) is 11.1. The maximum Gasteiger partial charge on any atom is 0.309 e. The summed E-state index contributed by atoms with van der Waals surface area (Å²) < 4.78 is 0. The summed E-state index contributed by atoms with van der Waals surface area (Å²) in [5, 5.41) is 11.6. The summed E-state index contributed by atoms with van der Waals surface area (Å²) in [5.41, 5.74) is 0.723. The van der Waals surface area contributed by atoms with Gasteiger partial charge in [-0.15, -0.1) is 0 Å². The average Bonchev–Trinajstić information content (AvgIpc) is 2.13. The number of carbonyl (C=O) groups is 2. The van der Waals surface area contributed by atoms with Crippen molar-refractivity contribution < 1.29 is 14.7 Å². The Kier molecular flexibility index (Phi) is 4.06. The van der Waals surface area contributed by atoms with Gasteiger partial charge in [0.1, 0.15) is 5.82 Å². The Bertz CT molecular complexity index is 461. The van der Waals surface area contributed by atoms with Crippen molar-refractivity contribution in [3.05, 3.63) is 23.4 Å². The van der Waals surface area contributed by atoms with Crippen molar-refractivity contribution in [2.45, 2.75) is 34.1 Å². The van der Waals surface area contributed by atoms with Crippen molar-refractivity contribution in [1.82, 2.24) is 4.98 Å². The standard InChI is InChI=1S/C13H18N2O3/c1-8-5-9(2)14-10(6-8)15-11(16)7-13(3,4)12(17)18/h5-6H,7H2,1-4H3,(H,17,18)(H,14,15,16). The summed E-state index contributed by atoms with van der Waals surface area (Å²) in [5.74, 6) is -0.885. The second-order valence-corrected chi connectivity index (χ2v) is 5.09. The maximum atomic E-state index is 11.7. The lowest BCUT2D eigenvalue weighted by Crippen LogP contribution is -2.29. The van der Waals surface area contributed by atoms with Crippen molar-refractivity contribution in [1.29, 1.82) is 0 Å². The smallest absolute Gasteiger partial charge is 0.309 e. The van der Waals surface area contributed by atoms with Gasteiger partial charge in [0.05, 0.1) is 5.41 Å². The molecule has 18 heavy (non-hydrogen) atoms. The number of anilines is 1. The number of aliphatic carboxylic acids is 1. The third-order valence-electron chi connectivity index (χ3n) is 2.55. The molecule has 1 aromatic rings. The average molecular weight is 250 g/mol. The molecule has 1 heterocycles. The molecule has 0 radical (unpaired) electrons. The molecule has 0 aromatic carbocycles. The Labute approximate surface area is 106 Å². The molecular weight excluding hydrogens is 232 g/mol. The molecule has 0 bridgehead atoms. The molecule has 0 fully saturated rings. The van der Waals surface area contributed by atoms with E-state index in [-0.39, 0.29) is 12.3 Å².